The van der Waals surface area contributed by atoms with Crippen molar-refractivity contribution in [3.8, 4) is 0 Å². The Morgan fingerprint density at radius 2 is 2.28 bits per heavy atom. The third-order valence-corrected chi connectivity index (χ3v) is 4.01. The smallest absolute Gasteiger partial charge is 0.337 e. The molecule has 0 spiro atoms. The molecule has 1 aliphatic carbocycles. The second-order valence-corrected chi connectivity index (χ2v) is 5.49. The molecule has 1 unspecified atom stereocenters. The summed E-state index contributed by atoms with van der Waals surface area (Å²) >= 11 is 0. The summed E-state index contributed by atoms with van der Waals surface area (Å²) in [5.41, 5.74) is 3.38. The molecule has 1 N–H and O–H groups in total. The fourth-order valence-electron chi connectivity index (χ4n) is 2.76. The van der Waals surface area contributed by atoms with Gasteiger partial charge in [0.25, 0.3) is 0 Å². The van der Waals surface area contributed by atoms with Gasteiger partial charge in [0.05, 0.1) is 11.3 Å². The maximum Gasteiger partial charge on any atom is 0.337 e. The highest BCUT2D eigenvalue weighted by Gasteiger charge is 2.24. The minimum absolute atomic E-state index is 0.389. The Kier molecular flexibility index (Phi) is 3.69. The molecule has 2 rings (SSSR count). The molecule has 1 atom stereocenters. The number of carbonyl (C=O) groups is 1. The van der Waals surface area contributed by atoms with Gasteiger partial charge in [-0.05, 0) is 49.1 Å². The molecule has 0 aromatic carbocycles. The molecular formula is C15H21NO2. The third kappa shape index (κ3) is 2.40. The molecule has 3 nitrogen and oxygen atoms in total. The van der Waals surface area contributed by atoms with Crippen LogP contribution in [0.4, 0.5) is 0 Å². The minimum Gasteiger partial charge on any atom is -0.478 e. The van der Waals surface area contributed by atoms with Crippen LogP contribution < -0.4 is 0 Å². The summed E-state index contributed by atoms with van der Waals surface area (Å²) in [4.78, 5) is 15.8. The minimum atomic E-state index is -0.853. The molecule has 18 heavy (non-hydrogen) atoms. The van der Waals surface area contributed by atoms with Gasteiger partial charge in [-0.25, -0.2) is 4.79 Å². The van der Waals surface area contributed by atoms with E-state index in [1.807, 2.05) is 13.0 Å². The second kappa shape index (κ2) is 5.09. The fourth-order valence-corrected chi connectivity index (χ4v) is 2.76. The van der Waals surface area contributed by atoms with Crippen LogP contribution in [0.2, 0.25) is 0 Å². The van der Waals surface area contributed by atoms with E-state index in [4.69, 9.17) is 0 Å². The largest absolute Gasteiger partial charge is 0.478 e. The van der Waals surface area contributed by atoms with Crippen LogP contribution in [-0.4, -0.2) is 16.1 Å². The van der Waals surface area contributed by atoms with Crippen molar-refractivity contribution >= 4 is 5.97 Å². The molecule has 0 fully saturated rings. The zero-order valence-corrected chi connectivity index (χ0v) is 11.4. The topological polar surface area (TPSA) is 50.2 Å². The Hall–Kier alpha value is -1.38. The molecule has 1 aromatic heterocycles. The number of hydrogen-bond donors (Lipinski definition) is 1. The van der Waals surface area contributed by atoms with E-state index in [2.05, 4.69) is 18.8 Å². The van der Waals surface area contributed by atoms with Crippen LogP contribution in [0, 0.1) is 11.8 Å². The van der Waals surface area contributed by atoms with Gasteiger partial charge in [-0.3, -0.25) is 4.98 Å². The first kappa shape index (κ1) is 13.1. The van der Waals surface area contributed by atoms with Gasteiger partial charge in [-0.15, -0.1) is 0 Å². The van der Waals surface area contributed by atoms with E-state index >= 15 is 0 Å². The highest BCUT2D eigenvalue weighted by molar-refractivity contribution is 5.89. The zero-order chi connectivity index (χ0) is 13.3. The number of carboxylic acids is 1. The van der Waals surface area contributed by atoms with Crippen LogP contribution in [0.15, 0.2) is 6.07 Å². The van der Waals surface area contributed by atoms with Crippen molar-refractivity contribution in [2.24, 2.45) is 11.8 Å². The van der Waals surface area contributed by atoms with E-state index in [0.717, 1.165) is 29.8 Å². The molecule has 0 saturated carbocycles. The number of hydrogen-bond acceptors (Lipinski definition) is 2. The first-order valence-corrected chi connectivity index (χ1v) is 6.77. The molecule has 0 aliphatic heterocycles. The van der Waals surface area contributed by atoms with Crippen molar-refractivity contribution < 1.29 is 9.90 Å². The average molecular weight is 247 g/mol. The van der Waals surface area contributed by atoms with E-state index in [1.165, 1.54) is 6.42 Å². The molecule has 3 heteroatoms. The van der Waals surface area contributed by atoms with Crippen molar-refractivity contribution in [3.63, 3.8) is 0 Å². The van der Waals surface area contributed by atoms with E-state index in [1.54, 1.807) is 0 Å². The number of nitrogens with zero attached hydrogens (tertiary/aromatic N) is 1. The molecule has 0 bridgehead atoms. The van der Waals surface area contributed by atoms with Crippen molar-refractivity contribution in [1.29, 1.82) is 0 Å². The van der Waals surface area contributed by atoms with Crippen molar-refractivity contribution in [3.05, 3.63) is 28.6 Å². The van der Waals surface area contributed by atoms with E-state index in [-0.39, 0.29) is 0 Å². The molecule has 0 radical (unpaired) electrons. The number of aromatic nitrogens is 1. The van der Waals surface area contributed by atoms with Gasteiger partial charge in [0.2, 0.25) is 0 Å². The summed E-state index contributed by atoms with van der Waals surface area (Å²) in [6, 6.07) is 1.86. The monoisotopic (exact) mass is 247 g/mol. The lowest BCUT2D eigenvalue weighted by atomic mass is 9.79. The van der Waals surface area contributed by atoms with E-state index in [9.17, 15) is 9.90 Å². The zero-order valence-electron chi connectivity index (χ0n) is 11.4. The summed E-state index contributed by atoms with van der Waals surface area (Å²) in [7, 11) is 0. The van der Waals surface area contributed by atoms with Crippen LogP contribution in [0.25, 0.3) is 0 Å². The predicted molar refractivity (Wildman–Crippen MR) is 70.9 cm³/mol. The summed E-state index contributed by atoms with van der Waals surface area (Å²) in [6.45, 7) is 6.43. The van der Waals surface area contributed by atoms with Gasteiger partial charge in [0, 0.05) is 5.69 Å². The SMILES string of the molecule is CCc1nc2c(cc1C(=O)O)CC(C(C)C)CC2. The number of aromatic carboxylic acids is 1. The van der Waals surface area contributed by atoms with Crippen LogP contribution >= 0.6 is 0 Å². The lowest BCUT2D eigenvalue weighted by Gasteiger charge is -2.27. The lowest BCUT2D eigenvalue weighted by molar-refractivity contribution is 0.0695. The molecule has 0 amide bonds. The molecular weight excluding hydrogens is 226 g/mol. The van der Waals surface area contributed by atoms with Gasteiger partial charge in [0.1, 0.15) is 0 Å². The van der Waals surface area contributed by atoms with Gasteiger partial charge in [0.15, 0.2) is 0 Å². The van der Waals surface area contributed by atoms with Crippen molar-refractivity contribution in [2.75, 3.05) is 0 Å². The summed E-state index contributed by atoms with van der Waals surface area (Å²) in [6.07, 6.45) is 3.82. The molecule has 1 aliphatic rings. The maximum atomic E-state index is 11.2. The quantitative estimate of drug-likeness (QED) is 0.892. The summed E-state index contributed by atoms with van der Waals surface area (Å²) < 4.78 is 0. The number of pyridine rings is 1. The predicted octanol–water partition coefficient (Wildman–Crippen LogP) is 3.10. The van der Waals surface area contributed by atoms with Crippen LogP contribution in [0.5, 0.6) is 0 Å². The Labute approximate surface area is 108 Å². The van der Waals surface area contributed by atoms with Crippen LogP contribution in [0.3, 0.4) is 0 Å². The third-order valence-electron chi connectivity index (χ3n) is 4.01. The van der Waals surface area contributed by atoms with E-state index < -0.39 is 5.97 Å². The van der Waals surface area contributed by atoms with Gasteiger partial charge < -0.3 is 5.11 Å². The average Bonchev–Trinajstić information content (AvgIpc) is 2.36. The molecule has 98 valence electrons. The van der Waals surface area contributed by atoms with Gasteiger partial charge in [-0.2, -0.15) is 0 Å². The van der Waals surface area contributed by atoms with Gasteiger partial charge >= 0.3 is 5.97 Å². The number of rotatable bonds is 3. The number of carboxylic acid groups (broad SMARTS) is 1. The Balaban J connectivity index is 2.39. The highest BCUT2D eigenvalue weighted by Crippen LogP contribution is 2.30. The lowest BCUT2D eigenvalue weighted by Crippen LogP contribution is -2.21. The van der Waals surface area contributed by atoms with Gasteiger partial charge in [-0.1, -0.05) is 20.8 Å². The Morgan fingerprint density at radius 1 is 1.56 bits per heavy atom. The highest BCUT2D eigenvalue weighted by atomic mass is 16.4. The van der Waals surface area contributed by atoms with Crippen molar-refractivity contribution in [1.82, 2.24) is 4.98 Å². The van der Waals surface area contributed by atoms with Crippen LogP contribution in [-0.2, 0) is 19.3 Å². The Morgan fingerprint density at radius 3 is 2.83 bits per heavy atom. The van der Waals surface area contributed by atoms with E-state index in [0.29, 0.717) is 23.8 Å². The van der Waals surface area contributed by atoms with Crippen molar-refractivity contribution in [2.45, 2.75) is 46.5 Å². The Bertz CT molecular complexity index is 466. The first-order valence-electron chi connectivity index (χ1n) is 6.77. The maximum absolute atomic E-state index is 11.2. The second-order valence-electron chi connectivity index (χ2n) is 5.49. The molecule has 1 aromatic rings. The normalized spacial score (nSPS) is 18.8. The van der Waals surface area contributed by atoms with Crippen LogP contribution in [0.1, 0.15) is 54.5 Å². The summed E-state index contributed by atoms with van der Waals surface area (Å²) in [5.74, 6) is 0.458. The number of fused-ring (bicyclic) bond motifs is 1. The fraction of sp³-hybridized carbons (Fsp3) is 0.600. The first-order chi connectivity index (χ1) is 8.52. The summed E-state index contributed by atoms with van der Waals surface area (Å²) in [5, 5.41) is 9.23. The number of aryl methyl sites for hydroxylation is 2. The molecule has 0 saturated heterocycles. The molecule has 1 heterocycles. The standard InChI is InChI=1S/C15H21NO2/c1-4-13-12(15(17)18)8-11-7-10(9(2)3)5-6-14(11)16-13/h8-10H,4-7H2,1-3H3,(H,17,18).